The normalized spacial score (nSPS) is 12.7. The molecular formula is C14H14F3N5O3. The Morgan fingerprint density at radius 2 is 1.76 bits per heavy atom. The lowest BCUT2D eigenvalue weighted by molar-refractivity contribution is -0.155. The van der Waals surface area contributed by atoms with Crippen LogP contribution < -0.4 is 5.32 Å². The largest absolute Gasteiger partial charge is 0.476 e. The second-order valence-corrected chi connectivity index (χ2v) is 5.25. The molecule has 1 amide bonds. The average Bonchev–Trinajstić information content (AvgIpc) is 2.76. The molecule has 0 spiro atoms. The molecule has 134 valence electrons. The number of aryl methyl sites for hydroxylation is 2. The summed E-state index contributed by atoms with van der Waals surface area (Å²) < 4.78 is 41.7. The smallest absolute Gasteiger partial charge is 0.413 e. The van der Waals surface area contributed by atoms with E-state index in [1.165, 1.54) is 25.6 Å². The Kier molecular flexibility index (Phi) is 4.77. The number of hydrogen-bond acceptors (Lipinski definition) is 5. The van der Waals surface area contributed by atoms with Gasteiger partial charge in [-0.15, -0.1) is 0 Å². The number of carbonyl (C=O) groups excluding carboxylic acids is 1. The van der Waals surface area contributed by atoms with Gasteiger partial charge in [-0.1, -0.05) is 0 Å². The first kappa shape index (κ1) is 18.4. The van der Waals surface area contributed by atoms with E-state index in [0.29, 0.717) is 0 Å². The molecule has 0 aliphatic heterocycles. The van der Waals surface area contributed by atoms with E-state index >= 15 is 0 Å². The molecule has 25 heavy (non-hydrogen) atoms. The maximum atomic E-state index is 13.5. The predicted octanol–water partition coefficient (Wildman–Crippen LogP) is 1.56. The molecule has 0 aliphatic rings. The van der Waals surface area contributed by atoms with Gasteiger partial charge in [-0.3, -0.25) is 9.48 Å². The fraction of sp³-hybridized carbons (Fsp3) is 0.357. The summed E-state index contributed by atoms with van der Waals surface area (Å²) in [5.74, 6) is -2.50. The van der Waals surface area contributed by atoms with Gasteiger partial charge in [0.2, 0.25) is 0 Å². The molecule has 8 nitrogen and oxygen atoms in total. The molecule has 2 aromatic rings. The van der Waals surface area contributed by atoms with Crippen molar-refractivity contribution in [3.8, 4) is 0 Å². The number of nitrogens with one attached hydrogen (secondary N) is 1. The van der Waals surface area contributed by atoms with Crippen molar-refractivity contribution < 1.29 is 27.9 Å². The highest BCUT2D eigenvalue weighted by Crippen LogP contribution is 2.35. The van der Waals surface area contributed by atoms with E-state index in [9.17, 15) is 22.8 Å². The van der Waals surface area contributed by atoms with E-state index in [4.69, 9.17) is 5.11 Å². The number of halogens is 3. The van der Waals surface area contributed by atoms with Crippen LogP contribution in [0.25, 0.3) is 0 Å². The van der Waals surface area contributed by atoms with Gasteiger partial charge in [0.25, 0.3) is 5.91 Å². The minimum Gasteiger partial charge on any atom is -0.476 e. The summed E-state index contributed by atoms with van der Waals surface area (Å²) in [5.41, 5.74) is -0.623. The first-order valence-electron chi connectivity index (χ1n) is 6.95. The van der Waals surface area contributed by atoms with Crippen LogP contribution in [0.3, 0.4) is 0 Å². The minimum absolute atomic E-state index is 0.134. The van der Waals surface area contributed by atoms with Crippen molar-refractivity contribution in [2.45, 2.75) is 26.1 Å². The summed E-state index contributed by atoms with van der Waals surface area (Å²) in [6, 6.07) is -2.28. The van der Waals surface area contributed by atoms with Crippen molar-refractivity contribution in [1.29, 1.82) is 0 Å². The molecule has 0 bridgehead atoms. The van der Waals surface area contributed by atoms with Gasteiger partial charge in [0.1, 0.15) is 5.69 Å². The maximum absolute atomic E-state index is 13.5. The van der Waals surface area contributed by atoms with E-state index in [0.717, 1.165) is 12.4 Å². The van der Waals surface area contributed by atoms with E-state index in [-0.39, 0.29) is 17.0 Å². The van der Waals surface area contributed by atoms with Crippen LogP contribution in [0.15, 0.2) is 12.4 Å². The number of amides is 1. The lowest BCUT2D eigenvalue weighted by Crippen LogP contribution is -2.39. The van der Waals surface area contributed by atoms with Crippen LogP contribution in [0, 0.1) is 13.8 Å². The van der Waals surface area contributed by atoms with Gasteiger partial charge in [0.05, 0.1) is 18.1 Å². The number of carboxylic acid groups (broad SMARTS) is 1. The van der Waals surface area contributed by atoms with Gasteiger partial charge in [-0.2, -0.15) is 18.3 Å². The van der Waals surface area contributed by atoms with E-state index in [1.807, 2.05) is 5.32 Å². The fourth-order valence-corrected chi connectivity index (χ4v) is 2.29. The second-order valence-electron chi connectivity index (χ2n) is 5.25. The topological polar surface area (TPSA) is 110 Å². The molecule has 0 saturated carbocycles. The Bertz CT molecular complexity index is 814. The molecule has 0 aromatic carbocycles. The molecular weight excluding hydrogens is 343 g/mol. The van der Waals surface area contributed by atoms with Crippen molar-refractivity contribution in [3.05, 3.63) is 40.7 Å². The third-order valence-electron chi connectivity index (χ3n) is 3.56. The summed E-state index contributed by atoms with van der Waals surface area (Å²) >= 11 is 0. The molecule has 0 radical (unpaired) electrons. The molecule has 11 heteroatoms. The van der Waals surface area contributed by atoms with Crippen LogP contribution in [-0.4, -0.2) is 42.9 Å². The molecule has 1 unspecified atom stereocenters. The zero-order valence-corrected chi connectivity index (χ0v) is 13.4. The lowest BCUT2D eigenvalue weighted by atomic mass is 10.0. The summed E-state index contributed by atoms with van der Waals surface area (Å²) in [6.07, 6.45) is -3.17. The average molecular weight is 357 g/mol. The van der Waals surface area contributed by atoms with Crippen LogP contribution in [0.2, 0.25) is 0 Å². The zero-order valence-electron chi connectivity index (χ0n) is 13.4. The third kappa shape index (κ3) is 3.75. The number of alkyl halides is 3. The van der Waals surface area contributed by atoms with Crippen molar-refractivity contribution in [1.82, 2.24) is 25.1 Å². The van der Waals surface area contributed by atoms with Crippen LogP contribution in [0.4, 0.5) is 13.2 Å². The third-order valence-corrected chi connectivity index (χ3v) is 3.56. The summed E-state index contributed by atoms with van der Waals surface area (Å²) in [7, 11) is 1.50. The van der Waals surface area contributed by atoms with Crippen LogP contribution in [0.1, 0.15) is 44.0 Å². The van der Waals surface area contributed by atoms with Gasteiger partial charge in [0.15, 0.2) is 11.7 Å². The predicted molar refractivity (Wildman–Crippen MR) is 77.9 cm³/mol. The first-order valence-corrected chi connectivity index (χ1v) is 6.95. The van der Waals surface area contributed by atoms with Crippen LogP contribution >= 0.6 is 0 Å². The Morgan fingerprint density at radius 3 is 2.16 bits per heavy atom. The van der Waals surface area contributed by atoms with Crippen molar-refractivity contribution in [2.75, 3.05) is 0 Å². The Labute approximate surface area is 139 Å². The number of aromatic nitrogens is 4. The molecule has 2 heterocycles. The maximum Gasteiger partial charge on any atom is 0.413 e. The monoisotopic (exact) mass is 357 g/mol. The minimum atomic E-state index is -4.76. The number of carbonyl (C=O) groups is 2. The standard InChI is InChI=1S/C14H14F3N5O3/c1-6-10(7(2)22(3)21-6)11(14(15,16)17)20-12(23)8-4-19-9(5-18-8)13(24)25/h4-5,11H,1-3H3,(H,20,23)(H,24,25). The highest BCUT2D eigenvalue weighted by molar-refractivity contribution is 5.93. The number of aromatic carboxylic acids is 1. The molecule has 0 aliphatic carbocycles. The Hall–Kier alpha value is -2.98. The Morgan fingerprint density at radius 1 is 1.20 bits per heavy atom. The molecule has 2 aromatic heterocycles. The molecule has 0 fully saturated rings. The second kappa shape index (κ2) is 6.49. The SMILES string of the molecule is Cc1nn(C)c(C)c1C(NC(=O)c1cnc(C(=O)O)cn1)C(F)(F)F. The number of nitrogens with zero attached hydrogens (tertiary/aromatic N) is 4. The van der Waals surface area contributed by atoms with E-state index in [2.05, 4.69) is 15.1 Å². The lowest BCUT2D eigenvalue weighted by Gasteiger charge is -2.22. The van der Waals surface area contributed by atoms with Crippen LogP contribution in [0.5, 0.6) is 0 Å². The first-order chi connectivity index (χ1) is 11.5. The zero-order chi connectivity index (χ0) is 18.9. The molecule has 2 rings (SSSR count). The molecule has 0 saturated heterocycles. The van der Waals surface area contributed by atoms with E-state index in [1.54, 1.807) is 0 Å². The van der Waals surface area contributed by atoms with Gasteiger partial charge in [-0.05, 0) is 13.8 Å². The number of rotatable bonds is 4. The number of carboxylic acids is 1. The summed E-state index contributed by atoms with van der Waals surface area (Å²) in [6.45, 7) is 2.87. The number of hydrogen-bond donors (Lipinski definition) is 2. The van der Waals surface area contributed by atoms with E-state index < -0.39 is 35.5 Å². The summed E-state index contributed by atoms with van der Waals surface area (Å²) in [5, 5.41) is 14.5. The fourth-order valence-electron chi connectivity index (χ4n) is 2.29. The Balaban J connectivity index is 2.34. The van der Waals surface area contributed by atoms with Gasteiger partial charge in [0, 0.05) is 18.3 Å². The molecule has 2 N–H and O–H groups in total. The van der Waals surface area contributed by atoms with Gasteiger partial charge < -0.3 is 10.4 Å². The quantitative estimate of drug-likeness (QED) is 0.859. The summed E-state index contributed by atoms with van der Waals surface area (Å²) in [4.78, 5) is 29.8. The molecule has 1 atom stereocenters. The highest BCUT2D eigenvalue weighted by Gasteiger charge is 2.44. The van der Waals surface area contributed by atoms with Crippen molar-refractivity contribution >= 4 is 11.9 Å². The van der Waals surface area contributed by atoms with Crippen molar-refractivity contribution in [3.63, 3.8) is 0 Å². The highest BCUT2D eigenvalue weighted by atomic mass is 19.4. The van der Waals surface area contributed by atoms with Crippen LogP contribution in [-0.2, 0) is 7.05 Å². The van der Waals surface area contributed by atoms with Gasteiger partial charge >= 0.3 is 12.1 Å². The van der Waals surface area contributed by atoms with Gasteiger partial charge in [-0.25, -0.2) is 14.8 Å². The van der Waals surface area contributed by atoms with Crippen molar-refractivity contribution in [2.24, 2.45) is 7.05 Å².